The topological polar surface area (TPSA) is 12.5 Å². The summed E-state index contributed by atoms with van der Waals surface area (Å²) in [6.45, 7) is 3.30. The summed E-state index contributed by atoms with van der Waals surface area (Å²) in [5, 5.41) is 0. The van der Waals surface area contributed by atoms with Gasteiger partial charge in [0.15, 0.2) is 0 Å². The van der Waals surface area contributed by atoms with Gasteiger partial charge in [-0.2, -0.15) is 13.2 Å². The van der Waals surface area contributed by atoms with Crippen molar-refractivity contribution in [1.82, 2.24) is 0 Å². The number of nitrogens with zero attached hydrogens (tertiary/aromatic N) is 1. The van der Waals surface area contributed by atoms with Crippen molar-refractivity contribution in [2.24, 2.45) is 0 Å². The number of hydrogen-bond acceptors (Lipinski definition) is 2. The van der Waals surface area contributed by atoms with Crippen LogP contribution in [0.1, 0.15) is 18.9 Å². The molecule has 1 saturated heterocycles. The molecule has 0 radical (unpaired) electrons. The molecule has 1 unspecified atom stereocenters. The van der Waals surface area contributed by atoms with Gasteiger partial charge in [-0.25, -0.2) is 0 Å². The lowest BCUT2D eigenvalue weighted by Crippen LogP contribution is -2.21. The second-order valence-corrected chi connectivity index (χ2v) is 5.64. The predicted octanol–water partition coefficient (Wildman–Crippen LogP) is 4.95. The van der Waals surface area contributed by atoms with E-state index in [-0.39, 0.29) is 11.7 Å². The molecule has 1 heterocycles. The first-order valence-corrected chi connectivity index (χ1v) is 7.62. The Labute approximate surface area is 133 Å². The Balaban J connectivity index is 1.95. The van der Waals surface area contributed by atoms with Gasteiger partial charge in [0.25, 0.3) is 0 Å². The molecule has 2 aromatic carbocycles. The van der Waals surface area contributed by atoms with Gasteiger partial charge in [-0.15, -0.1) is 0 Å². The van der Waals surface area contributed by atoms with E-state index in [1.807, 2.05) is 11.0 Å². The van der Waals surface area contributed by atoms with Crippen LogP contribution in [0.4, 0.5) is 18.9 Å². The second-order valence-electron chi connectivity index (χ2n) is 5.64. The van der Waals surface area contributed by atoms with E-state index in [4.69, 9.17) is 4.74 Å². The molecule has 0 aliphatic carbocycles. The minimum Gasteiger partial charge on any atom is -0.356 e. The van der Waals surface area contributed by atoms with Crippen LogP contribution in [0.3, 0.4) is 0 Å². The average molecular weight is 321 g/mol. The Morgan fingerprint density at radius 3 is 2.61 bits per heavy atom. The molecule has 1 aliphatic heterocycles. The van der Waals surface area contributed by atoms with Crippen LogP contribution in [0.15, 0.2) is 48.5 Å². The number of anilines is 1. The summed E-state index contributed by atoms with van der Waals surface area (Å²) in [5.41, 5.74) is 1.04. The predicted molar refractivity (Wildman–Crippen MR) is 84.3 cm³/mol. The van der Waals surface area contributed by atoms with Gasteiger partial charge >= 0.3 is 6.18 Å². The quantitative estimate of drug-likeness (QED) is 0.793. The Bertz CT molecular complexity index is 684. The van der Waals surface area contributed by atoms with Crippen molar-refractivity contribution >= 4 is 5.69 Å². The highest BCUT2D eigenvalue weighted by Crippen LogP contribution is 2.38. The Kier molecular flexibility index (Phi) is 4.31. The maximum absolute atomic E-state index is 13.2. The summed E-state index contributed by atoms with van der Waals surface area (Å²) in [4.78, 5) is 2.05. The molecule has 23 heavy (non-hydrogen) atoms. The zero-order valence-electron chi connectivity index (χ0n) is 12.8. The highest BCUT2D eigenvalue weighted by molar-refractivity contribution is 5.72. The molecule has 3 rings (SSSR count). The highest BCUT2D eigenvalue weighted by atomic mass is 19.4. The van der Waals surface area contributed by atoms with Gasteiger partial charge in [-0.1, -0.05) is 37.3 Å². The zero-order chi connectivity index (χ0) is 16.4. The molecule has 0 spiro atoms. The van der Waals surface area contributed by atoms with Gasteiger partial charge in [0.05, 0.1) is 11.7 Å². The van der Waals surface area contributed by atoms with Crippen molar-refractivity contribution < 1.29 is 17.9 Å². The van der Waals surface area contributed by atoms with Gasteiger partial charge in [0.1, 0.15) is 6.73 Å². The number of alkyl halides is 3. The normalized spacial score (nSPS) is 18.4. The number of rotatable bonds is 3. The lowest BCUT2D eigenvalue weighted by molar-refractivity contribution is -0.137. The molecular weight excluding hydrogens is 303 g/mol. The van der Waals surface area contributed by atoms with Crippen LogP contribution in [-0.4, -0.2) is 19.4 Å². The van der Waals surface area contributed by atoms with Gasteiger partial charge in [-0.05, 0) is 35.7 Å². The first kappa shape index (κ1) is 15.9. The summed E-state index contributed by atoms with van der Waals surface area (Å²) in [5.74, 6) is 0. The molecule has 0 amide bonds. The monoisotopic (exact) mass is 321 g/mol. The van der Waals surface area contributed by atoms with Crippen LogP contribution in [0, 0.1) is 0 Å². The Hall–Kier alpha value is -2.01. The maximum Gasteiger partial charge on any atom is 0.417 e. The number of hydrogen-bond donors (Lipinski definition) is 0. The minimum absolute atomic E-state index is 0.182. The third-order valence-corrected chi connectivity index (χ3v) is 4.10. The summed E-state index contributed by atoms with van der Waals surface area (Å²) in [6.07, 6.45) is -3.26. The molecule has 0 N–H and O–H groups in total. The fourth-order valence-corrected chi connectivity index (χ4v) is 2.83. The molecule has 2 nitrogen and oxygen atoms in total. The van der Waals surface area contributed by atoms with E-state index in [1.54, 1.807) is 24.3 Å². The van der Waals surface area contributed by atoms with Crippen molar-refractivity contribution in [3.63, 3.8) is 0 Å². The van der Waals surface area contributed by atoms with Crippen molar-refractivity contribution in [2.45, 2.75) is 25.6 Å². The summed E-state index contributed by atoms with van der Waals surface area (Å²) in [7, 11) is 0. The smallest absolute Gasteiger partial charge is 0.356 e. The molecule has 2 aromatic rings. The van der Waals surface area contributed by atoms with Crippen LogP contribution in [0.5, 0.6) is 0 Å². The molecule has 1 atom stereocenters. The van der Waals surface area contributed by atoms with E-state index in [2.05, 4.69) is 6.92 Å². The van der Waals surface area contributed by atoms with E-state index in [9.17, 15) is 13.2 Å². The standard InChI is InChI=1S/C18H18F3NO/c1-2-15-11-22(12-23-15)14-7-5-6-13(10-14)16-8-3-4-9-17(16)18(19,20)21/h3-10,15H,2,11-12H2,1H3. The van der Waals surface area contributed by atoms with E-state index in [1.165, 1.54) is 12.1 Å². The molecule has 1 aliphatic rings. The maximum atomic E-state index is 13.2. The number of benzene rings is 2. The lowest BCUT2D eigenvalue weighted by atomic mass is 9.99. The summed E-state index contributed by atoms with van der Waals surface area (Å²) in [6, 6.07) is 12.9. The average Bonchev–Trinajstić information content (AvgIpc) is 3.03. The largest absolute Gasteiger partial charge is 0.417 e. The molecule has 1 fully saturated rings. The van der Waals surface area contributed by atoms with E-state index in [0.717, 1.165) is 24.7 Å². The van der Waals surface area contributed by atoms with Crippen molar-refractivity contribution in [3.05, 3.63) is 54.1 Å². The van der Waals surface area contributed by atoms with E-state index in [0.29, 0.717) is 12.3 Å². The Morgan fingerprint density at radius 1 is 1.13 bits per heavy atom. The highest BCUT2D eigenvalue weighted by Gasteiger charge is 2.33. The van der Waals surface area contributed by atoms with Crippen molar-refractivity contribution in [1.29, 1.82) is 0 Å². The van der Waals surface area contributed by atoms with Crippen molar-refractivity contribution in [2.75, 3.05) is 18.2 Å². The number of ether oxygens (including phenoxy) is 1. The first-order valence-electron chi connectivity index (χ1n) is 7.62. The number of halogens is 3. The Morgan fingerprint density at radius 2 is 1.91 bits per heavy atom. The van der Waals surface area contributed by atoms with Gasteiger partial charge < -0.3 is 9.64 Å². The van der Waals surface area contributed by atoms with Crippen molar-refractivity contribution in [3.8, 4) is 11.1 Å². The molecular formula is C18H18F3NO. The minimum atomic E-state index is -4.36. The van der Waals surface area contributed by atoms with Gasteiger partial charge in [0.2, 0.25) is 0 Å². The molecule has 122 valence electrons. The van der Waals surface area contributed by atoms with Gasteiger partial charge in [-0.3, -0.25) is 0 Å². The third kappa shape index (κ3) is 3.34. The summed E-state index contributed by atoms with van der Waals surface area (Å²) < 4.78 is 45.2. The SMILES string of the molecule is CCC1CN(c2cccc(-c3ccccc3C(F)(F)F)c2)CO1. The molecule has 0 saturated carbocycles. The van der Waals surface area contributed by atoms with E-state index < -0.39 is 11.7 Å². The van der Waals surface area contributed by atoms with Crippen LogP contribution < -0.4 is 4.90 Å². The zero-order valence-corrected chi connectivity index (χ0v) is 12.8. The van der Waals surface area contributed by atoms with Gasteiger partial charge in [0, 0.05) is 12.2 Å². The summed E-state index contributed by atoms with van der Waals surface area (Å²) >= 11 is 0. The van der Waals surface area contributed by atoms with Crippen LogP contribution >= 0.6 is 0 Å². The molecule has 0 bridgehead atoms. The van der Waals surface area contributed by atoms with Crippen LogP contribution in [0.25, 0.3) is 11.1 Å². The first-order chi connectivity index (χ1) is 11.0. The fraction of sp³-hybridized carbons (Fsp3) is 0.333. The molecule has 5 heteroatoms. The lowest BCUT2D eigenvalue weighted by Gasteiger charge is -2.18. The molecule has 0 aromatic heterocycles. The van der Waals surface area contributed by atoms with Crippen LogP contribution in [-0.2, 0) is 10.9 Å². The van der Waals surface area contributed by atoms with E-state index >= 15 is 0 Å². The van der Waals surface area contributed by atoms with Crippen LogP contribution in [0.2, 0.25) is 0 Å². The second kappa shape index (κ2) is 6.24. The third-order valence-electron chi connectivity index (χ3n) is 4.10. The fourth-order valence-electron chi connectivity index (χ4n) is 2.83.